The van der Waals surface area contributed by atoms with Gasteiger partial charge in [-0.3, -0.25) is 4.68 Å². The Morgan fingerprint density at radius 3 is 3.00 bits per heavy atom. The maximum Gasteiger partial charge on any atom is 0.0716 e. The van der Waals surface area contributed by atoms with Gasteiger partial charge in [0.2, 0.25) is 0 Å². The third-order valence-electron chi connectivity index (χ3n) is 3.22. The summed E-state index contributed by atoms with van der Waals surface area (Å²) in [4.78, 5) is 0. The zero-order valence-corrected chi connectivity index (χ0v) is 10.6. The first-order chi connectivity index (χ1) is 8.16. The molecule has 5 heteroatoms. The van der Waals surface area contributed by atoms with Crippen molar-refractivity contribution >= 4 is 0 Å². The molecule has 1 fully saturated rings. The van der Waals surface area contributed by atoms with Crippen LogP contribution < -0.4 is 10.6 Å². The number of rotatable bonds is 5. The molecule has 0 amide bonds. The fraction of sp³-hybridized carbons (Fsp3) is 0.750. The van der Waals surface area contributed by atoms with Gasteiger partial charge < -0.3 is 15.7 Å². The fourth-order valence-corrected chi connectivity index (χ4v) is 2.08. The van der Waals surface area contributed by atoms with Crippen LogP contribution in [0.25, 0.3) is 0 Å². The molecule has 1 aromatic rings. The number of aliphatic hydroxyl groups is 1. The molecule has 1 aliphatic heterocycles. The van der Waals surface area contributed by atoms with Crippen LogP contribution in [0.1, 0.15) is 25.5 Å². The molecule has 2 unspecified atom stereocenters. The fourth-order valence-electron chi connectivity index (χ4n) is 2.08. The monoisotopic (exact) mass is 238 g/mol. The molecule has 3 N–H and O–H groups in total. The molecular formula is C12H22N4O. The van der Waals surface area contributed by atoms with Crippen molar-refractivity contribution < 1.29 is 5.11 Å². The zero-order valence-electron chi connectivity index (χ0n) is 10.6. The van der Waals surface area contributed by atoms with Gasteiger partial charge in [0.15, 0.2) is 0 Å². The van der Waals surface area contributed by atoms with E-state index in [0.717, 1.165) is 26.2 Å². The standard InChI is InChI=1S/C12H22N4O/c1-9(2)16-8-10(4-15-16)3-13-5-11-6-14-7-12(11)17/h4,8-9,11-14,17H,3,5-7H2,1-2H3. The van der Waals surface area contributed by atoms with Crippen LogP contribution in [0.5, 0.6) is 0 Å². The van der Waals surface area contributed by atoms with Gasteiger partial charge in [0, 0.05) is 49.9 Å². The summed E-state index contributed by atoms with van der Waals surface area (Å²) in [5.41, 5.74) is 1.19. The summed E-state index contributed by atoms with van der Waals surface area (Å²) in [6, 6.07) is 0.407. The van der Waals surface area contributed by atoms with Crippen molar-refractivity contribution in [2.45, 2.75) is 32.5 Å². The molecular weight excluding hydrogens is 216 g/mol. The van der Waals surface area contributed by atoms with Crippen LogP contribution in [0.4, 0.5) is 0 Å². The first kappa shape index (κ1) is 12.5. The molecule has 1 aromatic heterocycles. The number of nitrogens with zero attached hydrogens (tertiary/aromatic N) is 2. The van der Waals surface area contributed by atoms with Crippen molar-refractivity contribution in [2.75, 3.05) is 19.6 Å². The first-order valence-corrected chi connectivity index (χ1v) is 6.29. The van der Waals surface area contributed by atoms with Gasteiger partial charge in [0.25, 0.3) is 0 Å². The highest BCUT2D eigenvalue weighted by molar-refractivity contribution is 5.03. The highest BCUT2D eigenvalue weighted by atomic mass is 16.3. The van der Waals surface area contributed by atoms with Crippen LogP contribution in [-0.4, -0.2) is 40.6 Å². The Balaban J connectivity index is 1.74. The smallest absolute Gasteiger partial charge is 0.0716 e. The molecule has 0 spiro atoms. The summed E-state index contributed by atoms with van der Waals surface area (Å²) in [5.74, 6) is 0.329. The molecule has 1 aliphatic rings. The molecule has 0 radical (unpaired) electrons. The number of hydrogen-bond acceptors (Lipinski definition) is 4. The van der Waals surface area contributed by atoms with Crippen molar-refractivity contribution in [1.29, 1.82) is 0 Å². The minimum atomic E-state index is -0.208. The van der Waals surface area contributed by atoms with Gasteiger partial charge in [0.05, 0.1) is 12.3 Å². The predicted molar refractivity (Wildman–Crippen MR) is 66.7 cm³/mol. The lowest BCUT2D eigenvalue weighted by Gasteiger charge is -2.13. The normalized spacial score (nSPS) is 24.7. The topological polar surface area (TPSA) is 62.1 Å². The summed E-state index contributed by atoms with van der Waals surface area (Å²) >= 11 is 0. The highest BCUT2D eigenvalue weighted by Gasteiger charge is 2.23. The number of β-amino-alcohol motifs (C(OH)–C–C–N with tert-alkyl or cyclic N) is 1. The summed E-state index contributed by atoms with van der Waals surface area (Å²) in [6.45, 7) is 7.52. The molecule has 0 aliphatic carbocycles. The molecule has 0 bridgehead atoms. The van der Waals surface area contributed by atoms with E-state index in [-0.39, 0.29) is 6.10 Å². The molecule has 2 rings (SSSR count). The van der Waals surface area contributed by atoms with E-state index in [1.54, 1.807) is 0 Å². The molecule has 2 heterocycles. The van der Waals surface area contributed by atoms with Gasteiger partial charge >= 0.3 is 0 Å². The summed E-state index contributed by atoms with van der Waals surface area (Å²) in [6.07, 6.45) is 3.76. The van der Waals surface area contributed by atoms with E-state index < -0.39 is 0 Å². The molecule has 0 saturated carbocycles. The van der Waals surface area contributed by atoms with Crippen LogP contribution in [0.3, 0.4) is 0 Å². The van der Waals surface area contributed by atoms with Gasteiger partial charge in [-0.25, -0.2) is 0 Å². The van der Waals surface area contributed by atoms with Crippen molar-refractivity contribution in [3.8, 4) is 0 Å². The molecule has 96 valence electrons. The van der Waals surface area contributed by atoms with Gasteiger partial charge in [-0.15, -0.1) is 0 Å². The number of aliphatic hydroxyl groups excluding tert-OH is 1. The Kier molecular flexibility index (Phi) is 4.15. The molecule has 0 aromatic carbocycles. The molecule has 1 saturated heterocycles. The Bertz CT molecular complexity index is 350. The van der Waals surface area contributed by atoms with Crippen molar-refractivity contribution in [1.82, 2.24) is 20.4 Å². The van der Waals surface area contributed by atoms with Crippen LogP contribution in [-0.2, 0) is 6.54 Å². The summed E-state index contributed by atoms with van der Waals surface area (Å²) < 4.78 is 1.96. The van der Waals surface area contributed by atoms with E-state index in [0.29, 0.717) is 12.0 Å². The van der Waals surface area contributed by atoms with Gasteiger partial charge in [-0.2, -0.15) is 5.10 Å². The average molecular weight is 238 g/mol. The lowest BCUT2D eigenvalue weighted by atomic mass is 10.1. The maximum atomic E-state index is 9.64. The predicted octanol–water partition coefficient (Wildman–Crippen LogP) is 0.134. The quantitative estimate of drug-likeness (QED) is 0.682. The second-order valence-corrected chi connectivity index (χ2v) is 5.04. The van der Waals surface area contributed by atoms with Gasteiger partial charge in [-0.05, 0) is 13.8 Å². The Labute approximate surface area is 102 Å². The minimum Gasteiger partial charge on any atom is -0.391 e. The van der Waals surface area contributed by atoms with E-state index in [1.807, 2.05) is 10.9 Å². The third kappa shape index (κ3) is 3.28. The van der Waals surface area contributed by atoms with E-state index in [9.17, 15) is 5.11 Å². The van der Waals surface area contributed by atoms with Crippen LogP contribution >= 0.6 is 0 Å². The van der Waals surface area contributed by atoms with Crippen molar-refractivity contribution in [2.24, 2.45) is 5.92 Å². The maximum absolute atomic E-state index is 9.64. The van der Waals surface area contributed by atoms with Crippen LogP contribution in [0, 0.1) is 5.92 Å². The SMILES string of the molecule is CC(C)n1cc(CNCC2CNCC2O)cn1. The summed E-state index contributed by atoms with van der Waals surface area (Å²) in [5, 5.41) is 20.5. The summed E-state index contributed by atoms with van der Waals surface area (Å²) in [7, 11) is 0. The van der Waals surface area contributed by atoms with E-state index in [1.165, 1.54) is 5.56 Å². The molecule has 2 atom stereocenters. The highest BCUT2D eigenvalue weighted by Crippen LogP contribution is 2.08. The number of aromatic nitrogens is 2. The lowest BCUT2D eigenvalue weighted by molar-refractivity contribution is 0.146. The zero-order chi connectivity index (χ0) is 12.3. The van der Waals surface area contributed by atoms with E-state index in [2.05, 4.69) is 35.8 Å². The Morgan fingerprint density at radius 1 is 1.59 bits per heavy atom. The number of nitrogens with one attached hydrogen (secondary N) is 2. The second-order valence-electron chi connectivity index (χ2n) is 5.04. The van der Waals surface area contributed by atoms with E-state index >= 15 is 0 Å². The lowest BCUT2D eigenvalue weighted by Crippen LogP contribution is -2.30. The Morgan fingerprint density at radius 2 is 2.41 bits per heavy atom. The molecule has 17 heavy (non-hydrogen) atoms. The van der Waals surface area contributed by atoms with Gasteiger partial charge in [0.1, 0.15) is 0 Å². The Hall–Kier alpha value is -0.910. The average Bonchev–Trinajstić information content (AvgIpc) is 2.89. The van der Waals surface area contributed by atoms with Gasteiger partial charge in [-0.1, -0.05) is 0 Å². The minimum absolute atomic E-state index is 0.208. The largest absolute Gasteiger partial charge is 0.391 e. The second kappa shape index (κ2) is 5.62. The van der Waals surface area contributed by atoms with Crippen molar-refractivity contribution in [3.63, 3.8) is 0 Å². The number of hydrogen-bond donors (Lipinski definition) is 3. The van der Waals surface area contributed by atoms with Crippen LogP contribution in [0.15, 0.2) is 12.4 Å². The van der Waals surface area contributed by atoms with Crippen LogP contribution in [0.2, 0.25) is 0 Å². The first-order valence-electron chi connectivity index (χ1n) is 6.29. The van der Waals surface area contributed by atoms with E-state index in [4.69, 9.17) is 0 Å². The third-order valence-corrected chi connectivity index (χ3v) is 3.22. The molecule has 5 nitrogen and oxygen atoms in total. The van der Waals surface area contributed by atoms with Crippen molar-refractivity contribution in [3.05, 3.63) is 18.0 Å².